The normalized spacial score (nSPS) is 13.0. The SMILES string of the molecule is C[C@@H](Cn1cncn1)NS(=O)(=O)c1c(Cl)cccc1[N+](=O)[O-]. The molecule has 1 atom stereocenters. The van der Waals surface area contributed by atoms with Crippen LogP contribution in [-0.2, 0) is 16.6 Å². The van der Waals surface area contributed by atoms with Crippen molar-refractivity contribution in [3.63, 3.8) is 0 Å². The molecule has 0 unspecified atom stereocenters. The first-order chi connectivity index (χ1) is 10.3. The highest BCUT2D eigenvalue weighted by molar-refractivity contribution is 7.89. The van der Waals surface area contributed by atoms with Gasteiger partial charge in [-0.3, -0.25) is 14.8 Å². The Kier molecular flexibility index (Phi) is 4.74. The molecule has 0 saturated carbocycles. The van der Waals surface area contributed by atoms with E-state index in [1.807, 2.05) is 0 Å². The molecule has 118 valence electrons. The van der Waals surface area contributed by atoms with Gasteiger partial charge >= 0.3 is 0 Å². The number of hydrogen-bond donors (Lipinski definition) is 1. The fourth-order valence-electron chi connectivity index (χ4n) is 1.88. The molecular formula is C11H12ClN5O4S. The topological polar surface area (TPSA) is 120 Å². The summed E-state index contributed by atoms with van der Waals surface area (Å²) in [6.07, 6.45) is 2.75. The lowest BCUT2D eigenvalue weighted by atomic mass is 10.3. The van der Waals surface area contributed by atoms with Gasteiger partial charge in [0.1, 0.15) is 12.7 Å². The first kappa shape index (κ1) is 16.3. The van der Waals surface area contributed by atoms with Crippen LogP contribution in [0.15, 0.2) is 35.7 Å². The predicted molar refractivity (Wildman–Crippen MR) is 77.9 cm³/mol. The highest BCUT2D eigenvalue weighted by Crippen LogP contribution is 2.30. The molecule has 0 aliphatic heterocycles. The van der Waals surface area contributed by atoms with Crippen molar-refractivity contribution in [1.29, 1.82) is 0 Å². The van der Waals surface area contributed by atoms with Gasteiger partial charge in [0.05, 0.1) is 16.5 Å². The van der Waals surface area contributed by atoms with Crippen LogP contribution in [-0.4, -0.2) is 34.1 Å². The van der Waals surface area contributed by atoms with E-state index in [-0.39, 0.29) is 11.6 Å². The molecule has 0 spiro atoms. The Balaban J connectivity index is 2.29. The third kappa shape index (κ3) is 3.59. The molecule has 9 nitrogen and oxygen atoms in total. The van der Waals surface area contributed by atoms with Crippen molar-refractivity contribution in [3.05, 3.63) is 46.0 Å². The van der Waals surface area contributed by atoms with Gasteiger partial charge in [0, 0.05) is 12.1 Å². The maximum absolute atomic E-state index is 12.4. The molecule has 1 aromatic carbocycles. The van der Waals surface area contributed by atoms with Gasteiger partial charge in [-0.25, -0.2) is 18.1 Å². The molecule has 11 heteroatoms. The second-order valence-corrected chi connectivity index (χ2v) is 6.54. The van der Waals surface area contributed by atoms with Crippen molar-refractivity contribution in [2.45, 2.75) is 24.4 Å². The second kappa shape index (κ2) is 6.38. The van der Waals surface area contributed by atoms with Crippen LogP contribution in [0.25, 0.3) is 0 Å². The molecule has 1 N–H and O–H groups in total. The highest BCUT2D eigenvalue weighted by atomic mass is 35.5. The van der Waals surface area contributed by atoms with E-state index in [4.69, 9.17) is 11.6 Å². The average Bonchev–Trinajstić information content (AvgIpc) is 2.89. The first-order valence-corrected chi connectivity index (χ1v) is 7.95. The molecule has 0 aliphatic rings. The van der Waals surface area contributed by atoms with Crippen LogP contribution in [0.1, 0.15) is 6.92 Å². The monoisotopic (exact) mass is 345 g/mol. The molecule has 0 fully saturated rings. The number of nitrogens with zero attached hydrogens (tertiary/aromatic N) is 4. The van der Waals surface area contributed by atoms with E-state index in [0.29, 0.717) is 0 Å². The maximum Gasteiger partial charge on any atom is 0.290 e. The number of rotatable bonds is 6. The Morgan fingerprint density at radius 2 is 2.23 bits per heavy atom. The number of nitro groups is 1. The lowest BCUT2D eigenvalue weighted by Gasteiger charge is -2.14. The lowest BCUT2D eigenvalue weighted by Crippen LogP contribution is -2.36. The van der Waals surface area contributed by atoms with Gasteiger partial charge in [0.2, 0.25) is 10.0 Å². The van der Waals surface area contributed by atoms with Crippen molar-refractivity contribution in [2.75, 3.05) is 0 Å². The highest BCUT2D eigenvalue weighted by Gasteiger charge is 2.30. The largest absolute Gasteiger partial charge is 0.290 e. The second-order valence-electron chi connectivity index (χ2n) is 4.49. The summed E-state index contributed by atoms with van der Waals surface area (Å²) < 4.78 is 28.5. The number of aromatic nitrogens is 3. The number of sulfonamides is 1. The zero-order valence-corrected chi connectivity index (χ0v) is 13.0. The Labute approximate surface area is 131 Å². The van der Waals surface area contributed by atoms with E-state index in [1.165, 1.54) is 29.5 Å². The molecule has 0 bridgehead atoms. The summed E-state index contributed by atoms with van der Waals surface area (Å²) in [6, 6.07) is 3.12. The van der Waals surface area contributed by atoms with E-state index < -0.39 is 31.6 Å². The number of benzene rings is 1. The van der Waals surface area contributed by atoms with Crippen molar-refractivity contribution < 1.29 is 13.3 Å². The summed E-state index contributed by atoms with van der Waals surface area (Å²) in [6.45, 7) is 1.82. The van der Waals surface area contributed by atoms with Gasteiger partial charge in [-0.05, 0) is 13.0 Å². The summed E-state index contributed by atoms with van der Waals surface area (Å²) in [7, 11) is -4.15. The first-order valence-electron chi connectivity index (χ1n) is 6.09. The van der Waals surface area contributed by atoms with Crippen molar-refractivity contribution >= 4 is 27.3 Å². The van der Waals surface area contributed by atoms with Crippen molar-refractivity contribution in [3.8, 4) is 0 Å². The van der Waals surface area contributed by atoms with Gasteiger partial charge < -0.3 is 0 Å². The average molecular weight is 346 g/mol. The van der Waals surface area contributed by atoms with Crippen LogP contribution in [0.2, 0.25) is 5.02 Å². The van der Waals surface area contributed by atoms with Gasteiger partial charge in [0.25, 0.3) is 5.69 Å². The van der Waals surface area contributed by atoms with Crippen molar-refractivity contribution in [1.82, 2.24) is 19.5 Å². The van der Waals surface area contributed by atoms with Crippen LogP contribution < -0.4 is 4.72 Å². The van der Waals surface area contributed by atoms with Gasteiger partial charge in [0.15, 0.2) is 4.90 Å². The zero-order chi connectivity index (χ0) is 16.3. The molecule has 22 heavy (non-hydrogen) atoms. The molecule has 2 aromatic rings. The van der Waals surface area contributed by atoms with E-state index in [9.17, 15) is 18.5 Å². The van der Waals surface area contributed by atoms with Gasteiger partial charge in [-0.1, -0.05) is 17.7 Å². The molecule has 0 radical (unpaired) electrons. The molecule has 2 rings (SSSR count). The lowest BCUT2D eigenvalue weighted by molar-refractivity contribution is -0.387. The molecular weight excluding hydrogens is 334 g/mol. The Hall–Kier alpha value is -2.04. The maximum atomic E-state index is 12.4. The third-order valence-electron chi connectivity index (χ3n) is 2.70. The number of halogens is 1. The standard InChI is InChI=1S/C11H12ClN5O4S/c1-8(5-16-7-13-6-14-16)15-22(20,21)11-9(12)3-2-4-10(11)17(18)19/h2-4,6-8,15H,5H2,1H3/t8-/m0/s1. The van der Waals surface area contributed by atoms with E-state index in [0.717, 1.165) is 6.07 Å². The van der Waals surface area contributed by atoms with Crippen LogP contribution in [0.3, 0.4) is 0 Å². The Bertz CT molecular complexity index is 778. The smallest absolute Gasteiger partial charge is 0.258 e. The molecule has 0 aliphatic carbocycles. The molecule has 0 amide bonds. The Morgan fingerprint density at radius 1 is 1.50 bits per heavy atom. The van der Waals surface area contributed by atoms with Crippen LogP contribution in [0.5, 0.6) is 0 Å². The minimum absolute atomic E-state index is 0.213. The van der Waals surface area contributed by atoms with Crippen molar-refractivity contribution in [2.24, 2.45) is 0 Å². The number of nitro benzene ring substituents is 1. The van der Waals surface area contributed by atoms with Crippen LogP contribution in [0.4, 0.5) is 5.69 Å². The minimum Gasteiger partial charge on any atom is -0.258 e. The van der Waals surface area contributed by atoms with E-state index in [1.54, 1.807) is 6.92 Å². The van der Waals surface area contributed by atoms with Crippen LogP contribution in [0, 0.1) is 10.1 Å². The summed E-state index contributed by atoms with van der Waals surface area (Å²) >= 11 is 5.83. The quantitative estimate of drug-likeness (QED) is 0.620. The summed E-state index contributed by atoms with van der Waals surface area (Å²) in [5.41, 5.74) is -0.576. The fourth-order valence-corrected chi connectivity index (χ4v) is 3.81. The summed E-state index contributed by atoms with van der Waals surface area (Å²) in [4.78, 5) is 13.4. The number of nitrogens with one attached hydrogen (secondary N) is 1. The summed E-state index contributed by atoms with van der Waals surface area (Å²) in [5, 5.41) is 14.6. The number of hydrogen-bond acceptors (Lipinski definition) is 6. The van der Waals surface area contributed by atoms with E-state index >= 15 is 0 Å². The van der Waals surface area contributed by atoms with Gasteiger partial charge in [-0.15, -0.1) is 0 Å². The molecule has 1 heterocycles. The summed E-state index contributed by atoms with van der Waals surface area (Å²) in [5.74, 6) is 0. The zero-order valence-electron chi connectivity index (χ0n) is 11.4. The third-order valence-corrected chi connectivity index (χ3v) is 4.80. The molecule has 0 saturated heterocycles. The van der Waals surface area contributed by atoms with E-state index in [2.05, 4.69) is 14.8 Å². The van der Waals surface area contributed by atoms with Crippen LogP contribution >= 0.6 is 11.6 Å². The fraction of sp³-hybridized carbons (Fsp3) is 0.273. The Morgan fingerprint density at radius 3 is 2.82 bits per heavy atom. The molecule has 1 aromatic heterocycles. The van der Waals surface area contributed by atoms with Gasteiger partial charge in [-0.2, -0.15) is 5.10 Å². The predicted octanol–water partition coefficient (Wildman–Crippen LogP) is 1.21. The minimum atomic E-state index is -4.15.